The number of carbonyl (C=O) groups is 1. The van der Waals surface area contributed by atoms with E-state index in [1.165, 1.54) is 23.5 Å². The number of benzene rings is 1. The van der Waals surface area contributed by atoms with Crippen LogP contribution in [-0.2, 0) is 6.42 Å². The predicted molar refractivity (Wildman–Crippen MR) is 73.2 cm³/mol. The fraction of sp³-hybridized carbons (Fsp3) is 0.250. The minimum atomic E-state index is -0.441. The molecule has 0 radical (unpaired) electrons. The highest BCUT2D eigenvalue weighted by molar-refractivity contribution is 7.15. The largest absolute Gasteiger partial charge is 0.395 e. The van der Waals surface area contributed by atoms with Gasteiger partial charge in [0.05, 0.1) is 6.61 Å². The van der Waals surface area contributed by atoms with Crippen LogP contribution >= 0.6 is 11.3 Å². The van der Waals surface area contributed by atoms with Gasteiger partial charge in [-0.3, -0.25) is 5.32 Å². The molecule has 0 atom stereocenters. The Balaban J connectivity index is 1.91. The van der Waals surface area contributed by atoms with Crippen molar-refractivity contribution in [1.29, 1.82) is 0 Å². The van der Waals surface area contributed by atoms with Gasteiger partial charge >= 0.3 is 6.03 Å². The first-order valence-corrected chi connectivity index (χ1v) is 6.71. The van der Waals surface area contributed by atoms with E-state index in [0.717, 1.165) is 5.56 Å². The van der Waals surface area contributed by atoms with Gasteiger partial charge in [0.25, 0.3) is 0 Å². The third kappa shape index (κ3) is 4.25. The summed E-state index contributed by atoms with van der Waals surface area (Å²) in [6.45, 7) is 0.0480. The number of nitrogens with zero attached hydrogens (tertiary/aromatic N) is 2. The fourth-order valence-electron chi connectivity index (χ4n) is 1.46. The number of anilines is 1. The number of nitrogens with one attached hydrogen (secondary N) is 2. The highest BCUT2D eigenvalue weighted by atomic mass is 32.1. The Hall–Kier alpha value is -2.06. The molecule has 1 aromatic carbocycles. The number of aliphatic hydroxyl groups excluding tert-OH is 1. The van der Waals surface area contributed by atoms with Crippen LogP contribution in [-0.4, -0.2) is 34.5 Å². The van der Waals surface area contributed by atoms with E-state index in [4.69, 9.17) is 5.11 Å². The SMILES string of the molecule is O=C(NCCO)Nc1nnc(Cc2ccc(F)cc2)s1. The minimum absolute atomic E-state index is 0.126. The average molecular weight is 296 g/mol. The van der Waals surface area contributed by atoms with Crippen molar-refractivity contribution in [3.8, 4) is 0 Å². The Kier molecular flexibility index (Phi) is 4.97. The number of carbonyl (C=O) groups excluding carboxylic acids is 1. The van der Waals surface area contributed by atoms with Crippen LogP contribution in [0.25, 0.3) is 0 Å². The highest BCUT2D eigenvalue weighted by Gasteiger charge is 2.08. The van der Waals surface area contributed by atoms with Crippen LogP contribution < -0.4 is 10.6 Å². The molecule has 0 aliphatic heterocycles. The lowest BCUT2D eigenvalue weighted by Crippen LogP contribution is -2.30. The first kappa shape index (κ1) is 14.4. The molecule has 0 saturated heterocycles. The molecule has 8 heteroatoms. The Morgan fingerprint density at radius 3 is 2.75 bits per heavy atom. The third-order valence-electron chi connectivity index (χ3n) is 2.35. The number of hydrogen-bond donors (Lipinski definition) is 3. The van der Waals surface area contributed by atoms with Gasteiger partial charge in [-0.05, 0) is 17.7 Å². The van der Waals surface area contributed by atoms with E-state index in [1.807, 2.05) is 0 Å². The molecule has 1 heterocycles. The molecular weight excluding hydrogens is 283 g/mol. The second kappa shape index (κ2) is 6.92. The third-order valence-corrected chi connectivity index (χ3v) is 3.19. The standard InChI is InChI=1S/C12H13FN4O2S/c13-9-3-1-8(2-4-9)7-10-16-17-12(20-10)15-11(19)14-5-6-18/h1-4,18H,5-7H2,(H2,14,15,17,19). The first-order valence-electron chi connectivity index (χ1n) is 5.90. The molecule has 0 aliphatic carbocycles. The van der Waals surface area contributed by atoms with Gasteiger partial charge in [0.1, 0.15) is 10.8 Å². The summed E-state index contributed by atoms with van der Waals surface area (Å²) in [6, 6.07) is 5.69. The molecule has 6 nitrogen and oxygen atoms in total. The molecule has 1 aromatic heterocycles. The van der Waals surface area contributed by atoms with Gasteiger partial charge < -0.3 is 10.4 Å². The molecule has 0 bridgehead atoms. The van der Waals surface area contributed by atoms with Crippen molar-refractivity contribution in [1.82, 2.24) is 15.5 Å². The minimum Gasteiger partial charge on any atom is -0.395 e. The van der Waals surface area contributed by atoms with Crippen molar-refractivity contribution in [2.24, 2.45) is 0 Å². The lowest BCUT2D eigenvalue weighted by atomic mass is 10.2. The highest BCUT2D eigenvalue weighted by Crippen LogP contribution is 2.18. The maximum atomic E-state index is 12.8. The van der Waals surface area contributed by atoms with Crippen molar-refractivity contribution >= 4 is 22.5 Å². The fourth-order valence-corrected chi connectivity index (χ4v) is 2.23. The Bertz CT molecular complexity index is 573. The number of urea groups is 1. The van der Waals surface area contributed by atoms with E-state index in [1.54, 1.807) is 12.1 Å². The summed E-state index contributed by atoms with van der Waals surface area (Å²) >= 11 is 1.24. The summed E-state index contributed by atoms with van der Waals surface area (Å²) in [6.07, 6.45) is 0.526. The first-order chi connectivity index (χ1) is 9.67. The molecule has 2 aromatic rings. The summed E-state index contributed by atoms with van der Waals surface area (Å²) in [5.41, 5.74) is 0.916. The summed E-state index contributed by atoms with van der Waals surface area (Å²) < 4.78 is 12.8. The lowest BCUT2D eigenvalue weighted by molar-refractivity contribution is 0.245. The van der Waals surface area contributed by atoms with Gasteiger partial charge in [-0.2, -0.15) is 0 Å². The van der Waals surface area contributed by atoms with E-state index in [2.05, 4.69) is 20.8 Å². The van der Waals surface area contributed by atoms with Gasteiger partial charge in [0.15, 0.2) is 0 Å². The lowest BCUT2D eigenvalue weighted by Gasteiger charge is -2.01. The zero-order chi connectivity index (χ0) is 14.4. The van der Waals surface area contributed by atoms with Gasteiger partial charge in [-0.15, -0.1) is 10.2 Å². The summed E-state index contributed by atoms with van der Waals surface area (Å²) in [7, 11) is 0. The van der Waals surface area contributed by atoms with Crippen molar-refractivity contribution in [2.75, 3.05) is 18.5 Å². The van der Waals surface area contributed by atoms with Gasteiger partial charge in [0.2, 0.25) is 5.13 Å². The zero-order valence-electron chi connectivity index (χ0n) is 10.5. The molecule has 3 N–H and O–H groups in total. The van der Waals surface area contributed by atoms with Gasteiger partial charge in [-0.25, -0.2) is 9.18 Å². The number of aliphatic hydroxyl groups is 1. The second-order valence-electron chi connectivity index (χ2n) is 3.91. The van der Waals surface area contributed by atoms with Crippen LogP contribution in [0.4, 0.5) is 14.3 Å². The van der Waals surface area contributed by atoms with Crippen LogP contribution in [0.2, 0.25) is 0 Å². The van der Waals surface area contributed by atoms with Gasteiger partial charge in [0, 0.05) is 13.0 Å². The molecule has 20 heavy (non-hydrogen) atoms. The Labute approximate surface area is 118 Å². The van der Waals surface area contributed by atoms with Crippen LogP contribution in [0.1, 0.15) is 10.6 Å². The summed E-state index contributed by atoms with van der Waals surface area (Å²) in [4.78, 5) is 11.3. The van der Waals surface area contributed by atoms with Crippen molar-refractivity contribution in [2.45, 2.75) is 6.42 Å². The number of hydrogen-bond acceptors (Lipinski definition) is 5. The molecule has 106 valence electrons. The summed E-state index contributed by atoms with van der Waals surface area (Å²) in [5, 5.41) is 22.4. The number of halogens is 1. The molecule has 2 amide bonds. The second-order valence-corrected chi connectivity index (χ2v) is 4.97. The van der Waals surface area contributed by atoms with Crippen LogP contribution in [0.15, 0.2) is 24.3 Å². The number of amides is 2. The van der Waals surface area contributed by atoms with Crippen molar-refractivity contribution < 1.29 is 14.3 Å². The Morgan fingerprint density at radius 1 is 1.30 bits per heavy atom. The van der Waals surface area contributed by atoms with Crippen LogP contribution in [0.3, 0.4) is 0 Å². The smallest absolute Gasteiger partial charge is 0.321 e. The van der Waals surface area contributed by atoms with E-state index < -0.39 is 6.03 Å². The molecule has 0 saturated carbocycles. The molecule has 0 fully saturated rings. The maximum absolute atomic E-state index is 12.8. The molecule has 0 unspecified atom stereocenters. The number of aromatic nitrogens is 2. The normalized spacial score (nSPS) is 10.3. The van der Waals surface area contributed by atoms with E-state index >= 15 is 0 Å². The monoisotopic (exact) mass is 296 g/mol. The van der Waals surface area contributed by atoms with E-state index in [0.29, 0.717) is 16.6 Å². The molecule has 0 aliphatic rings. The quantitative estimate of drug-likeness (QED) is 0.778. The Morgan fingerprint density at radius 2 is 2.05 bits per heavy atom. The number of rotatable bonds is 5. The van der Waals surface area contributed by atoms with E-state index in [9.17, 15) is 9.18 Å². The summed E-state index contributed by atoms with van der Waals surface area (Å²) in [5.74, 6) is -0.283. The van der Waals surface area contributed by atoms with Crippen molar-refractivity contribution in [3.05, 3.63) is 40.7 Å². The average Bonchev–Trinajstić information content (AvgIpc) is 2.86. The topological polar surface area (TPSA) is 87.1 Å². The molecule has 2 rings (SSSR count). The predicted octanol–water partition coefficient (Wildman–Crippen LogP) is 1.38. The van der Waals surface area contributed by atoms with E-state index in [-0.39, 0.29) is 19.0 Å². The molecule has 0 spiro atoms. The van der Waals surface area contributed by atoms with Crippen LogP contribution in [0, 0.1) is 5.82 Å². The van der Waals surface area contributed by atoms with Crippen LogP contribution in [0.5, 0.6) is 0 Å². The van der Waals surface area contributed by atoms with Crippen molar-refractivity contribution in [3.63, 3.8) is 0 Å². The molecular formula is C12H13FN4O2S. The zero-order valence-corrected chi connectivity index (χ0v) is 11.3. The van der Waals surface area contributed by atoms with Gasteiger partial charge in [-0.1, -0.05) is 23.5 Å². The maximum Gasteiger partial charge on any atom is 0.321 e.